The third kappa shape index (κ3) is 8.35. The number of aliphatic imine (C=N–C) groups is 2. The maximum atomic E-state index is 5.29. The Kier molecular flexibility index (Phi) is 11.3. The van der Waals surface area contributed by atoms with Crippen molar-refractivity contribution in [2.75, 3.05) is 22.1 Å². The highest BCUT2D eigenvalue weighted by atomic mass is 32.2. The molecule has 0 aliphatic heterocycles. The van der Waals surface area contributed by atoms with Crippen molar-refractivity contribution in [2.24, 2.45) is 9.98 Å². The molecule has 0 spiro atoms. The zero-order chi connectivity index (χ0) is 42.7. The van der Waals surface area contributed by atoms with Gasteiger partial charge in [-0.2, -0.15) is 0 Å². The molecule has 0 bridgehead atoms. The first-order chi connectivity index (χ1) is 31.7. The number of rotatable bonds is 12. The maximum absolute atomic E-state index is 5.29. The van der Waals surface area contributed by atoms with Gasteiger partial charge >= 0.3 is 0 Å². The van der Waals surface area contributed by atoms with Gasteiger partial charge in [0, 0.05) is 33.7 Å². The normalized spacial score (nSPS) is 12.4. The highest BCUT2D eigenvalue weighted by Crippen LogP contribution is 2.41. The summed E-state index contributed by atoms with van der Waals surface area (Å²) in [6.07, 6.45) is 4.15. The first-order valence-corrected chi connectivity index (χ1v) is 24.2. The first kappa shape index (κ1) is 40.0. The van der Waals surface area contributed by atoms with Gasteiger partial charge in [0.05, 0.1) is 11.4 Å². The van der Waals surface area contributed by atoms with Crippen molar-refractivity contribution in [1.82, 2.24) is 0 Å². The van der Waals surface area contributed by atoms with E-state index in [1.54, 1.807) is 23.5 Å². The number of nitrogens with one attached hydrogen (secondary N) is 2. The van der Waals surface area contributed by atoms with E-state index in [9.17, 15) is 0 Å². The van der Waals surface area contributed by atoms with Crippen molar-refractivity contribution in [3.05, 3.63) is 205 Å². The molecule has 0 saturated carbocycles. The van der Waals surface area contributed by atoms with Crippen LogP contribution in [0.2, 0.25) is 0 Å². The van der Waals surface area contributed by atoms with Crippen molar-refractivity contribution >= 4 is 121 Å². The number of benzene rings is 11. The molecule has 0 radical (unpaired) electrons. The first-order valence-electron chi connectivity index (χ1n) is 22.2. The van der Waals surface area contributed by atoms with E-state index in [-0.39, 0.29) is 0 Å². The number of thioether (sulfide) groups is 2. The van der Waals surface area contributed by atoms with E-state index >= 15 is 0 Å². The molecule has 2 N–H and O–H groups in total. The number of aryl methyl sites for hydroxylation is 2. The van der Waals surface area contributed by atoms with E-state index in [0.717, 1.165) is 70.3 Å². The topological polar surface area (TPSA) is 48.8 Å². The zero-order valence-electron chi connectivity index (χ0n) is 35.4. The predicted octanol–water partition coefficient (Wildman–Crippen LogP) is 16.4. The Balaban J connectivity index is 0.737. The minimum Gasteiger partial charge on any atom is -0.335 e. The van der Waals surface area contributed by atoms with E-state index in [4.69, 9.17) is 9.98 Å². The van der Waals surface area contributed by atoms with Gasteiger partial charge in [0.25, 0.3) is 0 Å². The van der Waals surface area contributed by atoms with Gasteiger partial charge in [0.15, 0.2) is 10.3 Å². The molecule has 11 rings (SSSR count). The average Bonchev–Trinajstić information content (AvgIpc) is 3.34. The van der Waals surface area contributed by atoms with Crippen LogP contribution in [-0.4, -0.2) is 21.8 Å². The number of anilines is 2. The molecule has 4 nitrogen and oxygen atoms in total. The summed E-state index contributed by atoms with van der Waals surface area (Å²) in [6, 6.07) is 69.7. The standard InChI is InChI=1S/C58H46N4S2/c1-3-17-47(18-4-1)59-57(61-51-35-31-45-27-25-41-13-7-15-43-29-33-49(51)55(45)53(41)43)63-37-9-11-39-21-23-40(24-22-39)12-10-38-64-58(60-48-19-5-2-6-20-48)62-52-36-32-46-28-26-42-14-8-16-44-30-34-50(52)56(46)54(42)44/h1-8,13-36H,9-12,37-38H2,(H,59,61)(H,60,62). The molecule has 0 amide bonds. The highest BCUT2D eigenvalue weighted by molar-refractivity contribution is 8.14. The molecular weight excluding hydrogens is 817 g/mol. The van der Waals surface area contributed by atoms with Gasteiger partial charge in [-0.05, 0) is 127 Å². The summed E-state index contributed by atoms with van der Waals surface area (Å²) in [5.74, 6) is 1.91. The van der Waals surface area contributed by atoms with E-state index in [0.29, 0.717) is 0 Å². The Bertz CT molecular complexity index is 3180. The Morgan fingerprint density at radius 2 is 0.703 bits per heavy atom. The van der Waals surface area contributed by atoms with Crippen molar-refractivity contribution in [2.45, 2.75) is 25.7 Å². The second-order valence-corrected chi connectivity index (χ2v) is 18.6. The van der Waals surface area contributed by atoms with E-state index in [1.165, 1.54) is 75.8 Å². The number of hydrogen-bond acceptors (Lipinski definition) is 4. The lowest BCUT2D eigenvalue weighted by molar-refractivity contribution is 0.916. The SMILES string of the molecule is c1ccc(NC(=Nc2ccc3ccc4cccc5ccc2c3c45)SCCCc2ccc(CCCSC(=Nc3ccc4ccc5cccc6ccc3c4c56)Nc3ccccc3)cc2)cc1. The third-order valence-electron chi connectivity index (χ3n) is 12.2. The smallest absolute Gasteiger partial charge is 0.166 e. The lowest BCUT2D eigenvalue weighted by Crippen LogP contribution is -2.08. The van der Waals surface area contributed by atoms with Crippen molar-refractivity contribution in [3.8, 4) is 0 Å². The van der Waals surface area contributed by atoms with Gasteiger partial charge in [-0.25, -0.2) is 9.98 Å². The minimum atomic E-state index is 0.914. The van der Waals surface area contributed by atoms with Crippen LogP contribution in [0.25, 0.3) is 64.6 Å². The molecule has 0 fully saturated rings. The van der Waals surface area contributed by atoms with Crippen molar-refractivity contribution < 1.29 is 0 Å². The molecule has 310 valence electrons. The lowest BCUT2D eigenvalue weighted by Gasteiger charge is -2.14. The van der Waals surface area contributed by atoms with E-state index < -0.39 is 0 Å². The number of para-hydroxylation sites is 2. The van der Waals surface area contributed by atoms with Gasteiger partial charge < -0.3 is 10.6 Å². The summed E-state index contributed by atoms with van der Waals surface area (Å²) in [4.78, 5) is 10.6. The molecule has 0 heterocycles. The molecule has 0 aliphatic rings. The fourth-order valence-electron chi connectivity index (χ4n) is 9.10. The van der Waals surface area contributed by atoms with Gasteiger partial charge in [-0.1, -0.05) is 181 Å². The molecular formula is C58H46N4S2. The molecule has 11 aromatic carbocycles. The molecule has 0 unspecified atom stereocenters. The van der Waals surface area contributed by atoms with Crippen LogP contribution in [-0.2, 0) is 12.8 Å². The molecule has 0 aromatic heterocycles. The maximum Gasteiger partial charge on any atom is 0.166 e. The van der Waals surface area contributed by atoms with Crippen molar-refractivity contribution in [3.63, 3.8) is 0 Å². The van der Waals surface area contributed by atoms with Gasteiger partial charge in [0.1, 0.15) is 0 Å². The van der Waals surface area contributed by atoms with Crippen LogP contribution < -0.4 is 10.6 Å². The van der Waals surface area contributed by atoms with Gasteiger partial charge in [0.2, 0.25) is 0 Å². The summed E-state index contributed by atoms with van der Waals surface area (Å²) >= 11 is 3.59. The summed E-state index contributed by atoms with van der Waals surface area (Å²) in [6.45, 7) is 0. The molecule has 6 heteroatoms. The quantitative estimate of drug-likeness (QED) is 0.0556. The molecule has 0 saturated heterocycles. The van der Waals surface area contributed by atoms with Crippen LogP contribution in [0.1, 0.15) is 24.0 Å². The summed E-state index contributed by atoms with van der Waals surface area (Å²) in [5, 5.41) is 24.2. The third-order valence-corrected chi connectivity index (χ3v) is 14.1. The monoisotopic (exact) mass is 862 g/mol. The van der Waals surface area contributed by atoms with Crippen LogP contribution in [0.4, 0.5) is 22.7 Å². The number of nitrogens with zero attached hydrogens (tertiary/aromatic N) is 2. The number of hydrogen-bond donors (Lipinski definition) is 2. The van der Waals surface area contributed by atoms with E-state index in [1.807, 2.05) is 12.1 Å². The van der Waals surface area contributed by atoms with Crippen LogP contribution in [0, 0.1) is 0 Å². The Morgan fingerprint density at radius 1 is 0.344 bits per heavy atom. The second-order valence-electron chi connectivity index (χ2n) is 16.4. The minimum absolute atomic E-state index is 0.914. The molecule has 0 atom stereocenters. The van der Waals surface area contributed by atoms with Crippen LogP contribution in [0.5, 0.6) is 0 Å². The average molecular weight is 863 g/mol. The lowest BCUT2D eigenvalue weighted by atomic mass is 9.94. The van der Waals surface area contributed by atoms with Gasteiger partial charge in [-0.15, -0.1) is 0 Å². The highest BCUT2D eigenvalue weighted by Gasteiger charge is 2.14. The summed E-state index contributed by atoms with van der Waals surface area (Å²) < 4.78 is 0. The number of amidine groups is 2. The predicted molar refractivity (Wildman–Crippen MR) is 283 cm³/mol. The molecule has 64 heavy (non-hydrogen) atoms. The Morgan fingerprint density at radius 3 is 1.11 bits per heavy atom. The fourth-order valence-corrected chi connectivity index (χ4v) is 10.8. The largest absolute Gasteiger partial charge is 0.335 e. The second kappa shape index (κ2) is 18.1. The van der Waals surface area contributed by atoms with Gasteiger partial charge in [-0.3, -0.25) is 0 Å². The summed E-state index contributed by atoms with van der Waals surface area (Å²) in [7, 11) is 0. The fraction of sp³-hybridized carbons (Fsp3) is 0.103. The van der Waals surface area contributed by atoms with Crippen LogP contribution in [0.3, 0.4) is 0 Å². The van der Waals surface area contributed by atoms with Crippen LogP contribution >= 0.6 is 23.5 Å². The Hall–Kier alpha value is -6.86. The molecule has 11 aromatic rings. The summed E-state index contributed by atoms with van der Waals surface area (Å²) in [5.41, 5.74) is 6.81. The Labute approximate surface area is 382 Å². The van der Waals surface area contributed by atoms with E-state index in [2.05, 4.69) is 193 Å². The zero-order valence-corrected chi connectivity index (χ0v) is 37.1. The van der Waals surface area contributed by atoms with Crippen LogP contribution in [0.15, 0.2) is 204 Å². The molecule has 0 aliphatic carbocycles. The van der Waals surface area contributed by atoms with Crippen molar-refractivity contribution in [1.29, 1.82) is 0 Å².